The van der Waals surface area contributed by atoms with Crippen LogP contribution in [0.4, 0.5) is 5.69 Å². The maximum absolute atomic E-state index is 11.5. The fourth-order valence-electron chi connectivity index (χ4n) is 5.78. The minimum Gasteiger partial charge on any atom is -0.454 e. The van der Waals surface area contributed by atoms with Crippen molar-refractivity contribution in [1.29, 1.82) is 0 Å². The predicted octanol–water partition coefficient (Wildman–Crippen LogP) is 11.0. The van der Waals surface area contributed by atoms with E-state index >= 15 is 0 Å². The molecule has 0 aromatic heterocycles. The monoisotopic (exact) mass is 667 g/mol. The molecule has 0 spiro atoms. The van der Waals surface area contributed by atoms with Gasteiger partial charge in [-0.1, -0.05) is 107 Å². The number of rotatable bonds is 20. The molecule has 1 unspecified atom stereocenters. The average molecular weight is 667 g/mol. The number of unbranched alkanes of at least 4 members (excludes halogenated alkanes) is 2. The van der Waals surface area contributed by atoms with Crippen molar-refractivity contribution in [1.82, 2.24) is 4.90 Å². The summed E-state index contributed by atoms with van der Waals surface area (Å²) in [4.78, 5) is 26.2. The van der Waals surface area contributed by atoms with Crippen LogP contribution in [0.25, 0.3) is 0 Å². The van der Waals surface area contributed by atoms with Crippen LogP contribution in [0.1, 0.15) is 150 Å². The van der Waals surface area contributed by atoms with Gasteiger partial charge in [-0.05, 0) is 104 Å². The predicted molar refractivity (Wildman–Crippen MR) is 204 cm³/mol. The molecule has 0 saturated heterocycles. The maximum atomic E-state index is 11.5. The summed E-state index contributed by atoms with van der Waals surface area (Å²) in [5, 5.41) is 0. The van der Waals surface area contributed by atoms with Gasteiger partial charge in [0, 0.05) is 25.3 Å². The van der Waals surface area contributed by atoms with E-state index in [2.05, 4.69) is 93.5 Å². The summed E-state index contributed by atoms with van der Waals surface area (Å²) in [6.07, 6.45) is 14.1. The van der Waals surface area contributed by atoms with Crippen molar-refractivity contribution in [3.05, 3.63) is 53.1 Å². The number of hydrogen-bond donors (Lipinski definition) is 0. The van der Waals surface area contributed by atoms with Crippen molar-refractivity contribution in [2.75, 3.05) is 31.3 Å². The van der Waals surface area contributed by atoms with Gasteiger partial charge in [-0.2, -0.15) is 0 Å². The zero-order chi connectivity index (χ0) is 36.0. The third-order valence-corrected chi connectivity index (χ3v) is 9.20. The van der Waals surface area contributed by atoms with Crippen molar-refractivity contribution >= 4 is 18.5 Å². The molecule has 2 aromatic carbocycles. The average Bonchev–Trinajstić information content (AvgIpc) is 3.58. The third kappa shape index (κ3) is 15.5. The van der Waals surface area contributed by atoms with E-state index in [0.29, 0.717) is 18.6 Å². The van der Waals surface area contributed by atoms with Gasteiger partial charge in [-0.25, -0.2) is 0 Å². The summed E-state index contributed by atoms with van der Waals surface area (Å²) in [5.41, 5.74) is 5.13. The minimum absolute atomic E-state index is 0.178. The third-order valence-electron chi connectivity index (χ3n) is 9.20. The summed E-state index contributed by atoms with van der Waals surface area (Å²) >= 11 is 0. The minimum atomic E-state index is 0.178. The Morgan fingerprint density at radius 3 is 2.19 bits per heavy atom. The Balaban J connectivity index is 0.000000533. The second-order valence-electron chi connectivity index (χ2n) is 14.2. The lowest BCUT2D eigenvalue weighted by molar-refractivity contribution is -0.119. The van der Waals surface area contributed by atoms with Crippen LogP contribution in [0.2, 0.25) is 0 Å². The molecule has 2 atom stereocenters. The van der Waals surface area contributed by atoms with Gasteiger partial charge in [0.25, 0.3) is 0 Å². The second kappa shape index (κ2) is 24.2. The van der Waals surface area contributed by atoms with Crippen molar-refractivity contribution in [3.63, 3.8) is 0 Å². The standard InChI is InChI=1S/C26H43NO3.C13H19NO.C3H8/c1-7-10-11-22-15-23(16-24-25(22)30-19-29-24)21(8-2)14-20(4)12-13-27(18-28)17-26(5,6)9-3;1-3-5-9-14(11-15)13-8-6-7-12(4-2)10-13;1-3-2/h15-16,18,20-21H,7-14,17,19H2,1-6H3;6-8,10-11H,3-5,9H2,1-2H3;3H2,1-2H3/t20?,21-;;/m0../s1. The number of carbonyl (C=O) groups is 2. The normalized spacial score (nSPS) is 13.0. The van der Waals surface area contributed by atoms with E-state index in [4.69, 9.17) is 9.47 Å². The molecular weight excluding hydrogens is 596 g/mol. The Kier molecular flexibility index (Phi) is 21.7. The highest BCUT2D eigenvalue weighted by atomic mass is 16.7. The first-order valence-corrected chi connectivity index (χ1v) is 19.0. The number of amides is 2. The van der Waals surface area contributed by atoms with Crippen molar-refractivity contribution in [3.8, 4) is 11.5 Å². The van der Waals surface area contributed by atoms with Gasteiger partial charge in [0.05, 0.1) is 0 Å². The van der Waals surface area contributed by atoms with Gasteiger partial charge in [-0.3, -0.25) is 9.59 Å². The molecule has 0 N–H and O–H groups in total. The summed E-state index contributed by atoms with van der Waals surface area (Å²) in [6, 6.07) is 12.7. The van der Waals surface area contributed by atoms with E-state index in [1.807, 2.05) is 17.0 Å². The molecule has 0 aliphatic carbocycles. The highest BCUT2D eigenvalue weighted by molar-refractivity contribution is 5.75. The number of anilines is 1. The Bertz CT molecular complexity index is 1160. The zero-order valence-corrected chi connectivity index (χ0v) is 32.4. The molecule has 6 heteroatoms. The van der Waals surface area contributed by atoms with E-state index in [1.165, 1.54) is 36.0 Å². The smallest absolute Gasteiger partial charge is 0.231 e. The highest BCUT2D eigenvalue weighted by Crippen LogP contribution is 2.41. The van der Waals surface area contributed by atoms with E-state index < -0.39 is 0 Å². The number of aryl methyl sites for hydroxylation is 2. The Morgan fingerprint density at radius 1 is 0.896 bits per heavy atom. The van der Waals surface area contributed by atoms with Crippen molar-refractivity contribution < 1.29 is 19.1 Å². The van der Waals surface area contributed by atoms with E-state index in [9.17, 15) is 9.59 Å². The molecule has 0 radical (unpaired) electrons. The number of fused-ring (bicyclic) bond motifs is 1. The lowest BCUT2D eigenvalue weighted by Gasteiger charge is -2.30. The van der Waals surface area contributed by atoms with Crippen LogP contribution < -0.4 is 14.4 Å². The van der Waals surface area contributed by atoms with E-state index in [0.717, 1.165) is 101 Å². The van der Waals surface area contributed by atoms with Crippen LogP contribution in [0.3, 0.4) is 0 Å². The molecule has 0 fully saturated rings. The van der Waals surface area contributed by atoms with Crippen LogP contribution in [-0.4, -0.2) is 44.1 Å². The number of benzene rings is 2. The largest absolute Gasteiger partial charge is 0.454 e. The highest BCUT2D eigenvalue weighted by Gasteiger charge is 2.24. The lowest BCUT2D eigenvalue weighted by Crippen LogP contribution is -2.34. The first kappa shape index (κ1) is 43.0. The van der Waals surface area contributed by atoms with Gasteiger partial charge in [0.15, 0.2) is 11.5 Å². The van der Waals surface area contributed by atoms with Gasteiger partial charge < -0.3 is 19.3 Å². The molecule has 1 heterocycles. The molecule has 3 rings (SSSR count). The SMILES string of the molecule is CCC.CCCCN(C=O)c1cccc(CC)c1.CCCCc1cc([C@@H](CC)CC(C)CCN(C=O)CC(C)(C)CC)cc2c1OCO2. The number of carbonyl (C=O) groups excluding carboxylic acids is 2. The summed E-state index contributed by atoms with van der Waals surface area (Å²) in [7, 11) is 0. The van der Waals surface area contributed by atoms with Gasteiger partial charge >= 0.3 is 0 Å². The Hall–Kier alpha value is -3.02. The quantitative estimate of drug-likeness (QED) is 0.132. The van der Waals surface area contributed by atoms with Gasteiger partial charge in [0.2, 0.25) is 19.6 Å². The summed E-state index contributed by atoms with van der Waals surface area (Å²) in [6.45, 7) is 24.8. The molecule has 6 nitrogen and oxygen atoms in total. The molecule has 0 saturated carbocycles. The molecule has 2 aromatic rings. The molecular formula is C42H70N2O4. The maximum Gasteiger partial charge on any atom is 0.231 e. The van der Waals surface area contributed by atoms with Crippen molar-refractivity contribution in [2.24, 2.45) is 11.3 Å². The fraction of sp³-hybridized carbons (Fsp3) is 0.667. The summed E-state index contributed by atoms with van der Waals surface area (Å²) in [5.74, 6) is 2.94. The molecule has 1 aliphatic heterocycles. The van der Waals surface area contributed by atoms with Gasteiger partial charge in [-0.15, -0.1) is 0 Å². The van der Waals surface area contributed by atoms with Gasteiger partial charge in [0.1, 0.15) is 0 Å². The molecule has 1 aliphatic rings. The molecule has 0 bridgehead atoms. The fourth-order valence-corrected chi connectivity index (χ4v) is 5.78. The molecule has 272 valence electrons. The molecule has 2 amide bonds. The van der Waals surface area contributed by atoms with E-state index in [-0.39, 0.29) is 5.41 Å². The van der Waals surface area contributed by atoms with E-state index in [1.54, 1.807) is 4.90 Å². The zero-order valence-electron chi connectivity index (χ0n) is 32.4. The van der Waals surface area contributed by atoms with Crippen molar-refractivity contribution in [2.45, 2.75) is 146 Å². The topological polar surface area (TPSA) is 59.1 Å². The summed E-state index contributed by atoms with van der Waals surface area (Å²) < 4.78 is 11.5. The van der Waals surface area contributed by atoms with Crippen LogP contribution in [0.15, 0.2) is 36.4 Å². The Labute approximate surface area is 295 Å². The number of nitrogens with zero attached hydrogens (tertiary/aromatic N) is 2. The first-order chi connectivity index (χ1) is 23.1. The second-order valence-corrected chi connectivity index (χ2v) is 14.2. The van der Waals surface area contributed by atoms with Crippen LogP contribution in [0.5, 0.6) is 11.5 Å². The van der Waals surface area contributed by atoms with Crippen LogP contribution in [-0.2, 0) is 22.4 Å². The molecule has 48 heavy (non-hydrogen) atoms. The first-order valence-electron chi connectivity index (χ1n) is 19.0. The lowest BCUT2D eigenvalue weighted by atomic mass is 9.85. The Morgan fingerprint density at radius 2 is 1.60 bits per heavy atom. The number of hydrogen-bond acceptors (Lipinski definition) is 4. The number of ether oxygens (including phenoxy) is 2. The van der Waals surface area contributed by atoms with Crippen LogP contribution >= 0.6 is 0 Å². The van der Waals surface area contributed by atoms with Crippen LogP contribution in [0, 0.1) is 11.3 Å².